The van der Waals surface area contributed by atoms with Gasteiger partial charge in [-0.25, -0.2) is 0 Å². The summed E-state index contributed by atoms with van der Waals surface area (Å²) in [6.45, 7) is 4.24. The molecule has 0 aromatic carbocycles. The van der Waals surface area contributed by atoms with E-state index in [0.717, 1.165) is 6.42 Å². The molecule has 0 aliphatic heterocycles. The van der Waals surface area contributed by atoms with Gasteiger partial charge in [-0.3, -0.25) is 4.79 Å². The zero-order valence-electron chi connectivity index (χ0n) is 11.0. The van der Waals surface area contributed by atoms with Gasteiger partial charge in [-0.15, -0.1) is 0 Å². The van der Waals surface area contributed by atoms with Crippen LogP contribution in [0.3, 0.4) is 0 Å². The molecule has 0 aromatic rings. The SMILES string of the molecule is CCC(C)(CCO)NC(=O)C1C2CCCCC21. The highest BCUT2D eigenvalue weighted by atomic mass is 16.3. The summed E-state index contributed by atoms with van der Waals surface area (Å²) < 4.78 is 0. The maximum atomic E-state index is 12.2. The first kappa shape index (κ1) is 12.9. The Balaban J connectivity index is 1.88. The number of rotatable bonds is 5. The van der Waals surface area contributed by atoms with Crippen LogP contribution in [0.1, 0.15) is 52.4 Å². The lowest BCUT2D eigenvalue weighted by Crippen LogP contribution is -2.47. The van der Waals surface area contributed by atoms with Gasteiger partial charge in [-0.05, 0) is 44.4 Å². The molecule has 2 saturated carbocycles. The molecule has 2 N–H and O–H groups in total. The van der Waals surface area contributed by atoms with Crippen molar-refractivity contribution in [1.29, 1.82) is 0 Å². The number of carbonyl (C=O) groups is 1. The van der Waals surface area contributed by atoms with Gasteiger partial charge in [0.1, 0.15) is 0 Å². The van der Waals surface area contributed by atoms with E-state index < -0.39 is 0 Å². The molecule has 1 amide bonds. The number of hydrogen-bond acceptors (Lipinski definition) is 2. The summed E-state index contributed by atoms with van der Waals surface area (Å²) >= 11 is 0. The second-order valence-electron chi connectivity index (χ2n) is 6.02. The topological polar surface area (TPSA) is 49.3 Å². The predicted octanol–water partition coefficient (Wildman–Crippen LogP) is 2.09. The summed E-state index contributed by atoms with van der Waals surface area (Å²) in [4.78, 5) is 12.2. The van der Waals surface area contributed by atoms with Crippen LogP contribution in [-0.2, 0) is 4.79 Å². The number of aliphatic hydroxyl groups is 1. The van der Waals surface area contributed by atoms with E-state index in [-0.39, 0.29) is 24.0 Å². The Labute approximate surface area is 104 Å². The van der Waals surface area contributed by atoms with Crippen LogP contribution in [0.2, 0.25) is 0 Å². The lowest BCUT2D eigenvalue weighted by Gasteiger charge is -2.29. The van der Waals surface area contributed by atoms with E-state index in [0.29, 0.717) is 18.3 Å². The Morgan fingerprint density at radius 2 is 1.94 bits per heavy atom. The summed E-state index contributed by atoms with van der Waals surface area (Å²) in [5.41, 5.74) is -0.225. The van der Waals surface area contributed by atoms with Gasteiger partial charge in [-0.1, -0.05) is 19.8 Å². The first-order chi connectivity index (χ1) is 8.11. The summed E-state index contributed by atoms with van der Waals surface area (Å²) in [6, 6.07) is 0. The molecule has 0 heterocycles. The fourth-order valence-corrected chi connectivity index (χ4v) is 3.34. The summed E-state index contributed by atoms with van der Waals surface area (Å²) in [5, 5.41) is 12.2. The van der Waals surface area contributed by atoms with Crippen molar-refractivity contribution in [2.75, 3.05) is 6.61 Å². The Morgan fingerprint density at radius 3 is 2.41 bits per heavy atom. The van der Waals surface area contributed by atoms with Gasteiger partial charge >= 0.3 is 0 Å². The number of aliphatic hydroxyl groups excluding tert-OH is 1. The van der Waals surface area contributed by atoms with Gasteiger partial charge < -0.3 is 10.4 Å². The molecule has 2 fully saturated rings. The quantitative estimate of drug-likeness (QED) is 0.772. The highest BCUT2D eigenvalue weighted by Gasteiger charge is 2.55. The van der Waals surface area contributed by atoms with Crippen molar-refractivity contribution in [2.45, 2.75) is 57.9 Å². The molecule has 0 aromatic heterocycles. The number of fused-ring (bicyclic) bond motifs is 1. The fraction of sp³-hybridized carbons (Fsp3) is 0.929. The summed E-state index contributed by atoms with van der Waals surface area (Å²) in [7, 11) is 0. The second-order valence-corrected chi connectivity index (χ2v) is 6.02. The van der Waals surface area contributed by atoms with Gasteiger partial charge in [0.15, 0.2) is 0 Å². The minimum atomic E-state index is -0.225. The van der Waals surface area contributed by atoms with Gasteiger partial charge in [0.25, 0.3) is 0 Å². The summed E-state index contributed by atoms with van der Waals surface area (Å²) in [5.74, 6) is 1.85. The van der Waals surface area contributed by atoms with Crippen molar-refractivity contribution in [3.63, 3.8) is 0 Å². The van der Waals surface area contributed by atoms with Gasteiger partial charge in [0.2, 0.25) is 5.91 Å². The summed E-state index contributed by atoms with van der Waals surface area (Å²) in [6.07, 6.45) is 6.61. The Hall–Kier alpha value is -0.570. The van der Waals surface area contributed by atoms with Gasteiger partial charge in [0.05, 0.1) is 0 Å². The molecule has 0 saturated heterocycles. The van der Waals surface area contributed by atoms with E-state index in [1.54, 1.807) is 0 Å². The third kappa shape index (κ3) is 2.65. The average molecular weight is 239 g/mol. The molecule has 0 spiro atoms. The van der Waals surface area contributed by atoms with Crippen LogP contribution in [-0.4, -0.2) is 23.2 Å². The monoisotopic (exact) mass is 239 g/mol. The maximum Gasteiger partial charge on any atom is 0.224 e. The number of amides is 1. The molecule has 3 nitrogen and oxygen atoms in total. The molecule has 3 unspecified atom stereocenters. The molecule has 0 bridgehead atoms. The zero-order chi connectivity index (χ0) is 12.5. The van der Waals surface area contributed by atoms with E-state index in [9.17, 15) is 4.79 Å². The molecule has 3 atom stereocenters. The normalized spacial score (nSPS) is 34.6. The maximum absolute atomic E-state index is 12.2. The van der Waals surface area contributed by atoms with Crippen LogP contribution in [0.5, 0.6) is 0 Å². The lowest BCUT2D eigenvalue weighted by molar-refractivity contribution is -0.124. The Kier molecular flexibility index (Phi) is 3.76. The molecular formula is C14H25NO2. The second kappa shape index (κ2) is 4.97. The van der Waals surface area contributed by atoms with E-state index >= 15 is 0 Å². The van der Waals surface area contributed by atoms with Crippen LogP contribution in [0, 0.1) is 17.8 Å². The third-order valence-corrected chi connectivity index (χ3v) is 4.83. The van der Waals surface area contributed by atoms with Crippen molar-refractivity contribution in [2.24, 2.45) is 17.8 Å². The highest BCUT2D eigenvalue weighted by Crippen LogP contribution is 2.55. The first-order valence-corrected chi connectivity index (χ1v) is 7.04. The molecule has 2 aliphatic rings. The molecule has 17 heavy (non-hydrogen) atoms. The van der Waals surface area contributed by atoms with E-state index in [1.807, 2.05) is 6.92 Å². The number of carbonyl (C=O) groups excluding carboxylic acids is 1. The minimum absolute atomic E-state index is 0.141. The Bertz CT molecular complexity index is 280. The van der Waals surface area contributed by atoms with Crippen LogP contribution < -0.4 is 5.32 Å². The smallest absolute Gasteiger partial charge is 0.224 e. The molecule has 3 heteroatoms. The molecule has 2 rings (SSSR count). The van der Waals surface area contributed by atoms with E-state index in [4.69, 9.17) is 5.11 Å². The number of hydrogen-bond donors (Lipinski definition) is 2. The van der Waals surface area contributed by atoms with Gasteiger partial charge in [-0.2, -0.15) is 0 Å². The third-order valence-electron chi connectivity index (χ3n) is 4.83. The minimum Gasteiger partial charge on any atom is -0.396 e. The zero-order valence-corrected chi connectivity index (χ0v) is 11.0. The van der Waals surface area contributed by atoms with Crippen LogP contribution in [0.4, 0.5) is 0 Å². The van der Waals surface area contributed by atoms with Gasteiger partial charge in [0, 0.05) is 18.1 Å². The van der Waals surface area contributed by atoms with Crippen molar-refractivity contribution in [1.82, 2.24) is 5.32 Å². The number of nitrogens with one attached hydrogen (secondary N) is 1. The Morgan fingerprint density at radius 1 is 1.35 bits per heavy atom. The van der Waals surface area contributed by atoms with Crippen molar-refractivity contribution >= 4 is 5.91 Å². The largest absolute Gasteiger partial charge is 0.396 e. The standard InChI is InChI=1S/C14H25NO2/c1-3-14(2,8-9-16)15-13(17)12-10-6-4-5-7-11(10)12/h10-12,16H,3-9H2,1-2H3,(H,15,17). The van der Waals surface area contributed by atoms with Crippen molar-refractivity contribution in [3.05, 3.63) is 0 Å². The van der Waals surface area contributed by atoms with Crippen LogP contribution in [0.15, 0.2) is 0 Å². The molecule has 2 aliphatic carbocycles. The van der Waals surface area contributed by atoms with Crippen LogP contribution in [0.25, 0.3) is 0 Å². The van der Waals surface area contributed by atoms with E-state index in [2.05, 4.69) is 12.2 Å². The molecule has 0 radical (unpaired) electrons. The predicted molar refractivity (Wildman–Crippen MR) is 67.5 cm³/mol. The van der Waals surface area contributed by atoms with E-state index in [1.165, 1.54) is 25.7 Å². The molecular weight excluding hydrogens is 214 g/mol. The average Bonchev–Trinajstić information content (AvgIpc) is 3.03. The lowest BCUT2D eigenvalue weighted by atomic mass is 9.94. The van der Waals surface area contributed by atoms with Crippen LogP contribution >= 0.6 is 0 Å². The molecule has 98 valence electrons. The fourth-order valence-electron chi connectivity index (χ4n) is 3.34. The first-order valence-electron chi connectivity index (χ1n) is 7.04. The van der Waals surface area contributed by atoms with Crippen molar-refractivity contribution in [3.8, 4) is 0 Å². The van der Waals surface area contributed by atoms with Crippen molar-refractivity contribution < 1.29 is 9.90 Å². The highest BCUT2D eigenvalue weighted by molar-refractivity contribution is 5.83.